The lowest BCUT2D eigenvalue weighted by Crippen LogP contribution is -2.52. The number of amides is 3. The number of phenols is 1. The molecule has 3 fully saturated rings. The van der Waals surface area contributed by atoms with Crippen molar-refractivity contribution in [3.8, 4) is 11.5 Å². The Bertz CT molecular complexity index is 2230. The predicted molar refractivity (Wildman–Crippen MR) is 212 cm³/mol. The molecule has 4 aromatic rings. The van der Waals surface area contributed by atoms with Gasteiger partial charge in [-0.3, -0.25) is 24.6 Å². The van der Waals surface area contributed by atoms with E-state index in [-0.39, 0.29) is 47.5 Å². The fourth-order valence-corrected chi connectivity index (χ4v) is 9.64. The Labute approximate surface area is 331 Å². The smallest absolute Gasteiger partial charge is 0.255 e. The van der Waals surface area contributed by atoms with Crippen molar-refractivity contribution in [3.63, 3.8) is 0 Å². The monoisotopic (exact) mass is 775 g/mol. The number of imide groups is 1. The Morgan fingerprint density at radius 1 is 0.807 bits per heavy atom. The molecular weight excluding hydrogens is 729 g/mol. The van der Waals surface area contributed by atoms with Gasteiger partial charge < -0.3 is 24.5 Å². The minimum atomic E-state index is -0.618. The van der Waals surface area contributed by atoms with Gasteiger partial charge in [-0.2, -0.15) is 0 Å². The van der Waals surface area contributed by atoms with E-state index in [1.54, 1.807) is 36.1 Å². The molecule has 4 aromatic carbocycles. The van der Waals surface area contributed by atoms with Gasteiger partial charge in [0.05, 0.1) is 12.3 Å². The molecule has 0 radical (unpaired) electrons. The first-order valence-electron chi connectivity index (χ1n) is 20.1. The Kier molecular flexibility index (Phi) is 9.84. The Hall–Kier alpha value is -5.49. The normalized spacial score (nSPS) is 23.0. The highest BCUT2D eigenvalue weighted by molar-refractivity contribution is 6.05. The van der Waals surface area contributed by atoms with Gasteiger partial charge in [-0.05, 0) is 96.8 Å². The standard InChI is InChI=1S/C45H47F2N5O5/c1-27-20-29(2-8-37(27)46)36-26-57-41-23-33(53)5-7-35(41)43(36)30-3-9-39(38(47)22-30)51-14-12-28(13-15-51)24-49-16-18-50(19-17-49)32-4-6-34-31(21-32)25-52(45(34)56)40-10-11-42(54)48-44(40)55/h2-9,20-23,28,36,40,43,53H,10-19,24-26H2,1H3,(H,48,54,55). The number of piperidine rings is 2. The van der Waals surface area contributed by atoms with Gasteiger partial charge in [0.1, 0.15) is 29.2 Å². The lowest BCUT2D eigenvalue weighted by molar-refractivity contribution is -0.136. The number of phenolic OH excluding ortho intramolecular Hbond substituents is 1. The summed E-state index contributed by atoms with van der Waals surface area (Å²) in [5.41, 5.74) is 6.38. The Morgan fingerprint density at radius 3 is 2.35 bits per heavy atom. The van der Waals surface area contributed by atoms with E-state index >= 15 is 4.39 Å². The summed E-state index contributed by atoms with van der Waals surface area (Å²) in [7, 11) is 0. The van der Waals surface area contributed by atoms with E-state index in [0.29, 0.717) is 48.1 Å². The molecule has 3 atom stereocenters. The average molecular weight is 776 g/mol. The fraction of sp³-hybridized carbons (Fsp3) is 0.400. The first-order valence-corrected chi connectivity index (χ1v) is 20.1. The summed E-state index contributed by atoms with van der Waals surface area (Å²) < 4.78 is 36.4. The quantitative estimate of drug-likeness (QED) is 0.218. The fourth-order valence-electron chi connectivity index (χ4n) is 9.64. The van der Waals surface area contributed by atoms with E-state index < -0.39 is 11.9 Å². The molecule has 0 aromatic heterocycles. The highest BCUT2D eigenvalue weighted by Crippen LogP contribution is 2.48. The molecule has 5 aliphatic heterocycles. The van der Waals surface area contributed by atoms with Gasteiger partial charge in [0.15, 0.2) is 0 Å². The summed E-state index contributed by atoms with van der Waals surface area (Å²) in [6.07, 6.45) is 2.55. The van der Waals surface area contributed by atoms with Crippen LogP contribution in [0.3, 0.4) is 0 Å². The predicted octanol–water partition coefficient (Wildman–Crippen LogP) is 6.09. The molecule has 12 heteroatoms. The van der Waals surface area contributed by atoms with Crippen molar-refractivity contribution in [2.75, 3.05) is 62.2 Å². The maximum absolute atomic E-state index is 16.1. The first-order chi connectivity index (χ1) is 27.6. The van der Waals surface area contributed by atoms with Crippen LogP contribution < -0.4 is 19.9 Å². The largest absolute Gasteiger partial charge is 0.508 e. The number of halogens is 2. The zero-order chi connectivity index (χ0) is 39.4. The van der Waals surface area contributed by atoms with Gasteiger partial charge in [0.2, 0.25) is 11.8 Å². The molecule has 5 heterocycles. The van der Waals surface area contributed by atoms with Gasteiger partial charge in [-0.25, -0.2) is 8.78 Å². The molecule has 296 valence electrons. The molecule has 3 saturated heterocycles. The van der Waals surface area contributed by atoms with Crippen LogP contribution in [-0.4, -0.2) is 91.1 Å². The molecule has 3 amide bonds. The van der Waals surface area contributed by atoms with Crippen LogP contribution in [0.15, 0.2) is 72.8 Å². The minimum Gasteiger partial charge on any atom is -0.508 e. The molecule has 2 N–H and O–H groups in total. The number of benzene rings is 4. The zero-order valence-electron chi connectivity index (χ0n) is 32.1. The van der Waals surface area contributed by atoms with Crippen molar-refractivity contribution < 1.29 is 33.0 Å². The topological polar surface area (TPSA) is 106 Å². The average Bonchev–Trinajstić information content (AvgIpc) is 3.53. The molecule has 57 heavy (non-hydrogen) atoms. The summed E-state index contributed by atoms with van der Waals surface area (Å²) >= 11 is 0. The number of fused-ring (bicyclic) bond motifs is 2. The van der Waals surface area contributed by atoms with Crippen molar-refractivity contribution in [1.82, 2.24) is 15.1 Å². The van der Waals surface area contributed by atoms with Crippen LogP contribution in [0.2, 0.25) is 0 Å². The van der Waals surface area contributed by atoms with Crippen molar-refractivity contribution in [3.05, 3.63) is 118 Å². The second kappa shape index (κ2) is 15.1. The van der Waals surface area contributed by atoms with Crippen molar-refractivity contribution in [2.24, 2.45) is 5.92 Å². The molecule has 0 aliphatic carbocycles. The summed E-state index contributed by atoms with van der Waals surface area (Å²) in [5.74, 6) is -0.579. The number of hydrogen-bond acceptors (Lipinski definition) is 8. The number of aryl methyl sites for hydroxylation is 1. The third kappa shape index (κ3) is 7.20. The number of carbonyl (C=O) groups is 3. The molecule has 10 nitrogen and oxygen atoms in total. The number of nitrogens with zero attached hydrogens (tertiary/aromatic N) is 4. The van der Waals surface area contributed by atoms with Crippen molar-refractivity contribution in [1.29, 1.82) is 0 Å². The number of rotatable bonds is 7. The number of anilines is 2. The number of aromatic hydroxyl groups is 1. The number of piperazine rings is 1. The lowest BCUT2D eigenvalue weighted by Gasteiger charge is -2.40. The van der Waals surface area contributed by atoms with Gasteiger partial charge in [0, 0.05) is 93.5 Å². The minimum absolute atomic E-state index is 0.105. The zero-order valence-corrected chi connectivity index (χ0v) is 32.1. The summed E-state index contributed by atoms with van der Waals surface area (Å²) in [4.78, 5) is 45.9. The molecule has 0 bridgehead atoms. The maximum atomic E-state index is 16.1. The molecule has 3 unspecified atom stereocenters. The molecule has 0 saturated carbocycles. The lowest BCUT2D eigenvalue weighted by atomic mass is 9.75. The van der Waals surface area contributed by atoms with Crippen molar-refractivity contribution >= 4 is 29.1 Å². The summed E-state index contributed by atoms with van der Waals surface area (Å²) in [5, 5.41) is 12.5. The molecular formula is C45H47F2N5O5. The van der Waals surface area contributed by atoms with Gasteiger partial charge >= 0.3 is 0 Å². The van der Waals surface area contributed by atoms with Crippen LogP contribution >= 0.6 is 0 Å². The van der Waals surface area contributed by atoms with E-state index in [4.69, 9.17) is 4.74 Å². The highest BCUT2D eigenvalue weighted by Gasteiger charge is 2.40. The van der Waals surface area contributed by atoms with Crippen LogP contribution in [0.1, 0.15) is 75.7 Å². The number of ether oxygens (including phenoxy) is 1. The summed E-state index contributed by atoms with van der Waals surface area (Å²) in [6, 6.07) is 21.0. The molecule has 9 rings (SSSR count). The van der Waals surface area contributed by atoms with Gasteiger partial charge in [-0.1, -0.05) is 24.3 Å². The van der Waals surface area contributed by atoms with E-state index in [9.17, 15) is 23.9 Å². The SMILES string of the molecule is Cc1cc(C2COc3cc(O)ccc3C2c2ccc(N3CCC(CN4CCN(c5ccc6c(c5)CN(C5CCC(=O)NC5=O)C6=O)CC4)CC3)c(F)c2)ccc1F. The molecule has 0 spiro atoms. The van der Waals surface area contributed by atoms with E-state index in [0.717, 1.165) is 86.6 Å². The third-order valence-corrected chi connectivity index (χ3v) is 12.8. The maximum Gasteiger partial charge on any atom is 0.255 e. The van der Waals surface area contributed by atoms with Crippen molar-refractivity contribution in [2.45, 2.75) is 57.0 Å². The Balaban J connectivity index is 0.803. The van der Waals surface area contributed by atoms with Crippen LogP contribution in [0.4, 0.5) is 20.2 Å². The summed E-state index contributed by atoms with van der Waals surface area (Å²) in [6.45, 7) is 8.61. The second-order valence-electron chi connectivity index (χ2n) is 16.3. The number of nitrogens with one attached hydrogen (secondary N) is 1. The Morgan fingerprint density at radius 2 is 1.60 bits per heavy atom. The molecule has 5 aliphatic rings. The van der Waals surface area contributed by atoms with E-state index in [2.05, 4.69) is 26.1 Å². The van der Waals surface area contributed by atoms with Crippen LogP contribution in [0, 0.1) is 24.5 Å². The van der Waals surface area contributed by atoms with E-state index in [1.165, 1.54) is 6.07 Å². The highest BCUT2D eigenvalue weighted by atomic mass is 19.1. The first kappa shape index (κ1) is 37.1. The van der Waals surface area contributed by atoms with Crippen LogP contribution in [0.25, 0.3) is 0 Å². The van der Waals surface area contributed by atoms with Crippen LogP contribution in [-0.2, 0) is 16.1 Å². The van der Waals surface area contributed by atoms with Gasteiger partial charge in [-0.15, -0.1) is 0 Å². The van der Waals surface area contributed by atoms with Gasteiger partial charge in [0.25, 0.3) is 5.91 Å². The van der Waals surface area contributed by atoms with E-state index in [1.807, 2.05) is 36.4 Å². The van der Waals surface area contributed by atoms with Crippen LogP contribution in [0.5, 0.6) is 11.5 Å². The number of carbonyl (C=O) groups excluding carboxylic acids is 3. The second-order valence-corrected chi connectivity index (χ2v) is 16.3. The number of hydrogen-bond donors (Lipinski definition) is 2. The third-order valence-electron chi connectivity index (χ3n) is 12.8.